The molecule has 0 saturated carbocycles. The lowest BCUT2D eigenvalue weighted by Gasteiger charge is -2.15. The van der Waals surface area contributed by atoms with Crippen molar-refractivity contribution in [3.63, 3.8) is 0 Å². The number of fused-ring (bicyclic) bond motifs is 1. The molecule has 0 aromatic heterocycles. The van der Waals surface area contributed by atoms with Crippen LogP contribution in [0, 0.1) is 5.82 Å². The number of nitrogens with one attached hydrogen (secondary N) is 1. The lowest BCUT2D eigenvalue weighted by atomic mass is 10.0. The van der Waals surface area contributed by atoms with Crippen LogP contribution in [0.15, 0.2) is 84.9 Å². The van der Waals surface area contributed by atoms with Gasteiger partial charge in [0.2, 0.25) is 0 Å². The maximum atomic E-state index is 13.1. The van der Waals surface area contributed by atoms with E-state index in [0.29, 0.717) is 13.2 Å². The Hall–Kier alpha value is -2.59. The molecule has 0 radical (unpaired) electrons. The summed E-state index contributed by atoms with van der Waals surface area (Å²) in [6, 6.07) is 26.8. The Balaban J connectivity index is 0.00000272. The molecule has 0 aliphatic rings. The third-order valence-electron chi connectivity index (χ3n) is 5.11. The van der Waals surface area contributed by atoms with Crippen LogP contribution in [0.5, 0.6) is 5.75 Å². The van der Waals surface area contributed by atoms with E-state index in [4.69, 9.17) is 16.3 Å². The van der Waals surface area contributed by atoms with Crippen molar-refractivity contribution in [2.24, 2.45) is 0 Å². The highest BCUT2D eigenvalue weighted by molar-refractivity contribution is 6.30. The highest BCUT2D eigenvalue weighted by atomic mass is 35.5. The Morgan fingerprint density at radius 3 is 2.29 bits per heavy atom. The van der Waals surface area contributed by atoms with Gasteiger partial charge in [-0.25, -0.2) is 4.39 Å². The Labute approximate surface area is 193 Å². The molecule has 1 N–H and O–H groups in total. The van der Waals surface area contributed by atoms with Crippen LogP contribution in [0.2, 0.25) is 5.02 Å². The second-order valence-electron chi connectivity index (χ2n) is 7.23. The van der Waals surface area contributed by atoms with E-state index >= 15 is 0 Å². The molecule has 0 aliphatic carbocycles. The molecular formula is C26H24Cl2FNO. The molecule has 0 aliphatic heterocycles. The van der Waals surface area contributed by atoms with Crippen molar-refractivity contribution in [2.75, 3.05) is 6.54 Å². The van der Waals surface area contributed by atoms with Gasteiger partial charge in [0.1, 0.15) is 18.2 Å². The van der Waals surface area contributed by atoms with Crippen LogP contribution in [-0.4, -0.2) is 6.54 Å². The number of hydrogen-bond acceptors (Lipinski definition) is 2. The van der Waals surface area contributed by atoms with Crippen LogP contribution >= 0.6 is 24.0 Å². The number of rotatable bonds is 8. The summed E-state index contributed by atoms with van der Waals surface area (Å²) in [5.74, 6) is 0.669. The van der Waals surface area contributed by atoms with E-state index in [9.17, 15) is 4.39 Å². The molecule has 160 valence electrons. The summed E-state index contributed by atoms with van der Waals surface area (Å²) in [5, 5.41) is 6.60. The van der Waals surface area contributed by atoms with Gasteiger partial charge in [-0.05, 0) is 65.2 Å². The maximum Gasteiger partial charge on any atom is 0.124 e. The van der Waals surface area contributed by atoms with Crippen molar-refractivity contribution >= 4 is 34.8 Å². The van der Waals surface area contributed by atoms with Crippen molar-refractivity contribution in [3.05, 3.63) is 112 Å². The Morgan fingerprint density at radius 1 is 0.806 bits per heavy atom. The Bertz CT molecular complexity index is 1110. The van der Waals surface area contributed by atoms with Gasteiger partial charge in [0.25, 0.3) is 0 Å². The summed E-state index contributed by atoms with van der Waals surface area (Å²) in [6.07, 6.45) is 0.839. The molecule has 4 aromatic carbocycles. The molecule has 0 spiro atoms. The molecule has 0 atom stereocenters. The van der Waals surface area contributed by atoms with Gasteiger partial charge in [0.05, 0.1) is 0 Å². The lowest BCUT2D eigenvalue weighted by Crippen LogP contribution is -2.17. The molecule has 4 rings (SSSR count). The van der Waals surface area contributed by atoms with Crippen molar-refractivity contribution in [1.82, 2.24) is 5.32 Å². The third kappa shape index (κ3) is 6.20. The average molecular weight is 456 g/mol. The number of benzene rings is 4. The quantitative estimate of drug-likeness (QED) is 0.289. The van der Waals surface area contributed by atoms with Crippen LogP contribution in [0.3, 0.4) is 0 Å². The molecule has 5 heteroatoms. The van der Waals surface area contributed by atoms with Crippen LogP contribution in [0.25, 0.3) is 10.8 Å². The molecule has 0 heterocycles. The predicted molar refractivity (Wildman–Crippen MR) is 129 cm³/mol. The van der Waals surface area contributed by atoms with E-state index in [1.807, 2.05) is 54.6 Å². The first-order valence-electron chi connectivity index (χ1n) is 10.0. The zero-order valence-corrected chi connectivity index (χ0v) is 18.6. The van der Waals surface area contributed by atoms with Gasteiger partial charge < -0.3 is 10.1 Å². The minimum Gasteiger partial charge on any atom is -0.489 e. The first kappa shape index (κ1) is 23.1. The van der Waals surface area contributed by atoms with E-state index in [1.165, 1.54) is 22.9 Å². The Kier molecular flexibility index (Phi) is 8.30. The van der Waals surface area contributed by atoms with Crippen molar-refractivity contribution < 1.29 is 9.13 Å². The number of halogens is 3. The van der Waals surface area contributed by atoms with E-state index in [1.54, 1.807) is 0 Å². The van der Waals surface area contributed by atoms with Gasteiger partial charge in [0, 0.05) is 17.1 Å². The second-order valence-corrected chi connectivity index (χ2v) is 7.67. The molecule has 0 bridgehead atoms. The first-order valence-corrected chi connectivity index (χ1v) is 10.4. The SMILES string of the molecule is Cl.Fc1ccc(CCNCc2c(OCc3ccc(Cl)cc3)ccc3ccccc23)cc1. The molecule has 0 fully saturated rings. The minimum absolute atomic E-state index is 0. The van der Waals surface area contributed by atoms with Gasteiger partial charge >= 0.3 is 0 Å². The molecule has 0 saturated heterocycles. The molecule has 0 unspecified atom stereocenters. The zero-order valence-electron chi connectivity index (χ0n) is 17.0. The molecule has 4 aromatic rings. The molecular weight excluding hydrogens is 432 g/mol. The highest BCUT2D eigenvalue weighted by Crippen LogP contribution is 2.29. The van der Waals surface area contributed by atoms with Crippen LogP contribution < -0.4 is 10.1 Å². The summed E-state index contributed by atoms with van der Waals surface area (Å²) in [6.45, 7) is 1.97. The van der Waals surface area contributed by atoms with Crippen molar-refractivity contribution in [3.8, 4) is 5.75 Å². The van der Waals surface area contributed by atoms with Crippen molar-refractivity contribution in [1.29, 1.82) is 0 Å². The van der Waals surface area contributed by atoms with Gasteiger partial charge in [-0.15, -0.1) is 12.4 Å². The van der Waals surface area contributed by atoms with Crippen LogP contribution in [-0.2, 0) is 19.6 Å². The fraction of sp³-hybridized carbons (Fsp3) is 0.154. The third-order valence-corrected chi connectivity index (χ3v) is 5.36. The predicted octanol–water partition coefficient (Wildman–Crippen LogP) is 6.97. The summed E-state index contributed by atoms with van der Waals surface area (Å²) in [4.78, 5) is 0. The summed E-state index contributed by atoms with van der Waals surface area (Å²) >= 11 is 5.97. The Morgan fingerprint density at radius 2 is 1.52 bits per heavy atom. The largest absolute Gasteiger partial charge is 0.489 e. The van der Waals surface area contributed by atoms with E-state index < -0.39 is 0 Å². The topological polar surface area (TPSA) is 21.3 Å². The van der Waals surface area contributed by atoms with Crippen LogP contribution in [0.4, 0.5) is 4.39 Å². The highest BCUT2D eigenvalue weighted by Gasteiger charge is 2.09. The standard InChI is InChI=1S/C26H23ClFNO.ClH/c27-22-10-5-20(6-11-22)18-30-26-14-9-21-3-1-2-4-24(21)25(26)17-29-16-15-19-7-12-23(28)13-8-19;/h1-14,29H,15-18H2;1H. The van der Waals surface area contributed by atoms with Gasteiger partial charge in [-0.1, -0.05) is 66.2 Å². The first-order chi connectivity index (χ1) is 14.7. The number of ether oxygens (including phenoxy) is 1. The average Bonchev–Trinajstić information content (AvgIpc) is 2.78. The van der Waals surface area contributed by atoms with Gasteiger partial charge in [0.15, 0.2) is 0 Å². The van der Waals surface area contributed by atoms with Gasteiger partial charge in [-0.2, -0.15) is 0 Å². The second kappa shape index (κ2) is 11.1. The van der Waals surface area contributed by atoms with Crippen LogP contribution in [0.1, 0.15) is 16.7 Å². The lowest BCUT2D eigenvalue weighted by molar-refractivity contribution is 0.303. The van der Waals surface area contributed by atoms with E-state index in [-0.39, 0.29) is 18.2 Å². The zero-order chi connectivity index (χ0) is 20.8. The van der Waals surface area contributed by atoms with E-state index in [0.717, 1.165) is 40.4 Å². The van der Waals surface area contributed by atoms with Crippen molar-refractivity contribution in [2.45, 2.75) is 19.6 Å². The normalized spacial score (nSPS) is 10.6. The minimum atomic E-state index is -0.204. The van der Waals surface area contributed by atoms with E-state index in [2.05, 4.69) is 23.5 Å². The molecule has 2 nitrogen and oxygen atoms in total. The summed E-state index contributed by atoms with van der Waals surface area (Å²) < 4.78 is 19.2. The summed E-state index contributed by atoms with van der Waals surface area (Å²) in [7, 11) is 0. The molecule has 31 heavy (non-hydrogen) atoms. The smallest absolute Gasteiger partial charge is 0.124 e. The van der Waals surface area contributed by atoms with Gasteiger partial charge in [-0.3, -0.25) is 0 Å². The summed E-state index contributed by atoms with van der Waals surface area (Å²) in [5.41, 5.74) is 3.32. The number of hydrogen-bond donors (Lipinski definition) is 1. The fourth-order valence-electron chi connectivity index (χ4n) is 3.47. The maximum absolute atomic E-state index is 13.1. The fourth-order valence-corrected chi connectivity index (χ4v) is 3.60. The molecule has 0 amide bonds. The monoisotopic (exact) mass is 455 g/mol.